The first-order valence-corrected chi connectivity index (χ1v) is 12.0. The SMILES string of the molecule is CC(C)[C@H](NC(=O)Cc1ccccc1)C(=O)OCc1csc(CC(=O)NCc2ccccc2)n1. The van der Waals surface area contributed by atoms with Crippen LogP contribution in [0.5, 0.6) is 0 Å². The topological polar surface area (TPSA) is 97.4 Å². The van der Waals surface area contributed by atoms with Crippen molar-refractivity contribution in [2.45, 2.75) is 45.9 Å². The van der Waals surface area contributed by atoms with Gasteiger partial charge in [-0.2, -0.15) is 0 Å². The molecule has 0 aliphatic rings. The summed E-state index contributed by atoms with van der Waals surface area (Å²) < 4.78 is 5.42. The summed E-state index contributed by atoms with van der Waals surface area (Å²) in [6, 6.07) is 18.3. The van der Waals surface area contributed by atoms with E-state index in [0.29, 0.717) is 17.2 Å². The van der Waals surface area contributed by atoms with Gasteiger partial charge in [0.25, 0.3) is 0 Å². The minimum Gasteiger partial charge on any atom is -0.458 e. The molecule has 34 heavy (non-hydrogen) atoms. The number of aromatic nitrogens is 1. The van der Waals surface area contributed by atoms with Crippen molar-refractivity contribution in [1.29, 1.82) is 0 Å². The van der Waals surface area contributed by atoms with Crippen LogP contribution < -0.4 is 10.6 Å². The zero-order valence-corrected chi connectivity index (χ0v) is 20.1. The fraction of sp³-hybridized carbons (Fsp3) is 0.308. The van der Waals surface area contributed by atoms with E-state index < -0.39 is 12.0 Å². The van der Waals surface area contributed by atoms with Crippen LogP contribution in [0.3, 0.4) is 0 Å². The number of nitrogens with zero attached hydrogens (tertiary/aromatic N) is 1. The summed E-state index contributed by atoms with van der Waals surface area (Å²) in [5.41, 5.74) is 2.47. The van der Waals surface area contributed by atoms with Crippen molar-refractivity contribution in [2.24, 2.45) is 5.92 Å². The summed E-state index contributed by atoms with van der Waals surface area (Å²) >= 11 is 1.34. The van der Waals surface area contributed by atoms with Crippen LogP contribution in [-0.4, -0.2) is 28.8 Å². The van der Waals surface area contributed by atoms with Crippen molar-refractivity contribution in [1.82, 2.24) is 15.6 Å². The van der Waals surface area contributed by atoms with Crippen molar-refractivity contribution < 1.29 is 19.1 Å². The van der Waals surface area contributed by atoms with Gasteiger partial charge in [0.2, 0.25) is 11.8 Å². The highest BCUT2D eigenvalue weighted by Crippen LogP contribution is 2.13. The Kier molecular flexibility index (Phi) is 9.34. The number of carbonyl (C=O) groups excluding carboxylic acids is 3. The van der Waals surface area contributed by atoms with Gasteiger partial charge in [-0.05, 0) is 17.0 Å². The first-order valence-electron chi connectivity index (χ1n) is 11.1. The van der Waals surface area contributed by atoms with Crippen LogP contribution in [0.1, 0.15) is 35.7 Å². The van der Waals surface area contributed by atoms with Gasteiger partial charge >= 0.3 is 5.97 Å². The van der Waals surface area contributed by atoms with E-state index in [-0.39, 0.29) is 37.2 Å². The van der Waals surface area contributed by atoms with Gasteiger partial charge in [0.05, 0.1) is 18.5 Å². The Morgan fingerprint density at radius 3 is 2.21 bits per heavy atom. The highest BCUT2D eigenvalue weighted by molar-refractivity contribution is 7.09. The predicted octanol–water partition coefficient (Wildman–Crippen LogP) is 3.43. The van der Waals surface area contributed by atoms with E-state index in [1.807, 2.05) is 74.5 Å². The van der Waals surface area contributed by atoms with Gasteiger partial charge in [0.1, 0.15) is 17.7 Å². The minimum atomic E-state index is -0.752. The number of nitrogens with one attached hydrogen (secondary N) is 2. The lowest BCUT2D eigenvalue weighted by Crippen LogP contribution is -2.45. The maximum Gasteiger partial charge on any atom is 0.329 e. The monoisotopic (exact) mass is 479 g/mol. The average Bonchev–Trinajstić information content (AvgIpc) is 3.28. The number of hydrogen-bond donors (Lipinski definition) is 2. The lowest BCUT2D eigenvalue weighted by atomic mass is 10.0. The molecule has 0 radical (unpaired) electrons. The first kappa shape index (κ1) is 25.1. The number of thiazole rings is 1. The summed E-state index contributed by atoms with van der Waals surface area (Å²) in [5.74, 6) is -1.000. The standard InChI is InChI=1S/C26H29N3O4S/c1-18(2)25(29-23(31)13-19-9-5-3-6-10-19)26(32)33-16-21-17-34-24(28-21)14-22(30)27-15-20-11-7-4-8-12-20/h3-12,17-18,25H,13-16H2,1-2H3,(H,27,30)(H,29,31)/t25-/m0/s1. The molecule has 3 rings (SSSR count). The fourth-order valence-electron chi connectivity index (χ4n) is 3.23. The van der Waals surface area contributed by atoms with Gasteiger partial charge in [0.15, 0.2) is 0 Å². The Bertz CT molecular complexity index is 1080. The van der Waals surface area contributed by atoms with Crippen LogP contribution in [0.15, 0.2) is 66.0 Å². The molecule has 2 N–H and O–H groups in total. The van der Waals surface area contributed by atoms with Crippen LogP contribution in [0.4, 0.5) is 0 Å². The molecule has 1 aromatic heterocycles. The van der Waals surface area contributed by atoms with E-state index in [1.165, 1.54) is 11.3 Å². The molecule has 1 atom stereocenters. The average molecular weight is 480 g/mol. The predicted molar refractivity (Wildman–Crippen MR) is 131 cm³/mol. The zero-order valence-electron chi connectivity index (χ0n) is 19.3. The van der Waals surface area contributed by atoms with Gasteiger partial charge in [-0.15, -0.1) is 11.3 Å². The third-order valence-electron chi connectivity index (χ3n) is 5.05. The second kappa shape index (κ2) is 12.6. The van der Waals surface area contributed by atoms with Crippen molar-refractivity contribution in [3.63, 3.8) is 0 Å². The van der Waals surface area contributed by atoms with Crippen LogP contribution >= 0.6 is 11.3 Å². The second-order valence-corrected chi connectivity index (χ2v) is 9.17. The maximum atomic E-state index is 12.6. The summed E-state index contributed by atoms with van der Waals surface area (Å²) in [6.07, 6.45) is 0.356. The molecule has 3 aromatic rings. The van der Waals surface area contributed by atoms with Gasteiger partial charge < -0.3 is 15.4 Å². The van der Waals surface area contributed by atoms with E-state index in [2.05, 4.69) is 15.6 Å². The maximum absolute atomic E-state index is 12.6. The highest BCUT2D eigenvalue weighted by Gasteiger charge is 2.26. The molecular weight excluding hydrogens is 450 g/mol. The quantitative estimate of drug-likeness (QED) is 0.411. The van der Waals surface area contributed by atoms with Crippen molar-refractivity contribution >= 4 is 29.1 Å². The summed E-state index contributed by atoms with van der Waals surface area (Å²) in [6.45, 7) is 4.15. The summed E-state index contributed by atoms with van der Waals surface area (Å²) in [5, 5.41) is 8.06. The Morgan fingerprint density at radius 2 is 1.56 bits per heavy atom. The molecule has 2 amide bonds. The molecule has 0 saturated heterocycles. The molecule has 0 aliphatic carbocycles. The van der Waals surface area contributed by atoms with Crippen LogP contribution in [0.2, 0.25) is 0 Å². The van der Waals surface area contributed by atoms with Gasteiger partial charge in [-0.25, -0.2) is 9.78 Å². The molecule has 1 heterocycles. The molecule has 0 fully saturated rings. The molecular formula is C26H29N3O4S. The van der Waals surface area contributed by atoms with Gasteiger partial charge in [-0.3, -0.25) is 9.59 Å². The molecule has 2 aromatic carbocycles. The molecule has 7 nitrogen and oxygen atoms in total. The number of ether oxygens (including phenoxy) is 1. The lowest BCUT2D eigenvalue weighted by Gasteiger charge is -2.20. The van der Waals surface area contributed by atoms with E-state index >= 15 is 0 Å². The largest absolute Gasteiger partial charge is 0.458 e. The van der Waals surface area contributed by atoms with E-state index in [4.69, 9.17) is 4.74 Å². The van der Waals surface area contributed by atoms with E-state index in [0.717, 1.165) is 11.1 Å². The lowest BCUT2D eigenvalue weighted by molar-refractivity contribution is -0.150. The van der Waals surface area contributed by atoms with E-state index in [1.54, 1.807) is 5.38 Å². The number of carbonyl (C=O) groups is 3. The molecule has 8 heteroatoms. The van der Waals surface area contributed by atoms with Gasteiger partial charge in [-0.1, -0.05) is 74.5 Å². The molecule has 0 unspecified atom stereocenters. The third kappa shape index (κ3) is 8.12. The van der Waals surface area contributed by atoms with Crippen LogP contribution in [0.25, 0.3) is 0 Å². The summed E-state index contributed by atoms with van der Waals surface area (Å²) in [7, 11) is 0. The third-order valence-corrected chi connectivity index (χ3v) is 5.95. The molecule has 0 saturated carbocycles. The Balaban J connectivity index is 1.45. The molecule has 0 aliphatic heterocycles. The fourth-order valence-corrected chi connectivity index (χ4v) is 4.01. The number of benzene rings is 2. The number of esters is 1. The minimum absolute atomic E-state index is 0.0151. The molecule has 0 spiro atoms. The number of rotatable bonds is 11. The Morgan fingerprint density at radius 1 is 0.912 bits per heavy atom. The summed E-state index contributed by atoms with van der Waals surface area (Å²) in [4.78, 5) is 41.6. The number of amides is 2. The Hall–Kier alpha value is -3.52. The first-order chi connectivity index (χ1) is 16.4. The normalized spacial score (nSPS) is 11.6. The smallest absolute Gasteiger partial charge is 0.329 e. The van der Waals surface area contributed by atoms with Gasteiger partial charge in [0, 0.05) is 11.9 Å². The van der Waals surface area contributed by atoms with Crippen LogP contribution in [0, 0.1) is 5.92 Å². The second-order valence-electron chi connectivity index (χ2n) is 8.23. The molecule has 178 valence electrons. The molecule has 0 bridgehead atoms. The Labute approximate surface area is 203 Å². The highest BCUT2D eigenvalue weighted by atomic mass is 32.1. The van der Waals surface area contributed by atoms with Crippen molar-refractivity contribution in [3.8, 4) is 0 Å². The number of hydrogen-bond acceptors (Lipinski definition) is 6. The van der Waals surface area contributed by atoms with Crippen LogP contribution in [-0.2, 0) is 45.1 Å². The van der Waals surface area contributed by atoms with E-state index in [9.17, 15) is 14.4 Å². The van der Waals surface area contributed by atoms with Crippen molar-refractivity contribution in [2.75, 3.05) is 0 Å². The van der Waals surface area contributed by atoms with Crippen molar-refractivity contribution in [3.05, 3.63) is 87.9 Å². The zero-order chi connectivity index (χ0) is 24.3.